The van der Waals surface area contributed by atoms with E-state index in [1.165, 1.54) is 0 Å². The molecule has 3 nitrogen and oxygen atoms in total. The van der Waals surface area contributed by atoms with E-state index in [2.05, 4.69) is 4.90 Å². The molecule has 0 saturated carbocycles. The molecule has 0 aliphatic rings. The number of anilines is 2. The summed E-state index contributed by atoms with van der Waals surface area (Å²) in [5.41, 5.74) is 7.72. The predicted molar refractivity (Wildman–Crippen MR) is 66.4 cm³/mol. The van der Waals surface area contributed by atoms with Crippen molar-refractivity contribution >= 4 is 11.4 Å². The highest BCUT2D eigenvalue weighted by molar-refractivity contribution is 5.66. The predicted octanol–water partition coefficient (Wildman–Crippen LogP) is 2.81. The summed E-state index contributed by atoms with van der Waals surface area (Å²) in [5, 5.41) is 0. The van der Waals surface area contributed by atoms with E-state index in [4.69, 9.17) is 10.2 Å². The maximum atomic E-state index is 5.91. The van der Waals surface area contributed by atoms with Gasteiger partial charge in [0.05, 0.1) is 17.9 Å². The standard InChI is InChI=1S/C13H16N2O/c1-10-7-8-11(16-10)9-15(2)13-6-4-3-5-12(13)14/h3-8H,9,14H2,1-2H3. The minimum atomic E-state index is 0.724. The van der Waals surface area contributed by atoms with Crippen molar-refractivity contribution in [2.75, 3.05) is 17.7 Å². The van der Waals surface area contributed by atoms with E-state index in [1.807, 2.05) is 50.4 Å². The number of benzene rings is 1. The topological polar surface area (TPSA) is 42.4 Å². The van der Waals surface area contributed by atoms with Crippen LogP contribution < -0.4 is 10.6 Å². The molecule has 0 bridgehead atoms. The molecule has 0 saturated heterocycles. The molecule has 2 rings (SSSR count). The lowest BCUT2D eigenvalue weighted by molar-refractivity contribution is 0.482. The van der Waals surface area contributed by atoms with Crippen molar-refractivity contribution in [3.8, 4) is 0 Å². The number of furan rings is 1. The fourth-order valence-corrected chi connectivity index (χ4v) is 1.72. The van der Waals surface area contributed by atoms with E-state index in [0.717, 1.165) is 29.4 Å². The highest BCUT2D eigenvalue weighted by atomic mass is 16.3. The molecule has 16 heavy (non-hydrogen) atoms. The van der Waals surface area contributed by atoms with Gasteiger partial charge in [0.25, 0.3) is 0 Å². The van der Waals surface area contributed by atoms with Crippen LogP contribution in [0.15, 0.2) is 40.8 Å². The molecule has 0 spiro atoms. The highest BCUT2D eigenvalue weighted by Crippen LogP contribution is 2.23. The van der Waals surface area contributed by atoms with E-state index >= 15 is 0 Å². The minimum Gasteiger partial charge on any atom is -0.464 e. The molecular formula is C13H16N2O. The first kappa shape index (κ1) is 10.6. The van der Waals surface area contributed by atoms with Gasteiger partial charge in [-0.05, 0) is 31.2 Å². The Hall–Kier alpha value is -1.90. The van der Waals surface area contributed by atoms with Crippen molar-refractivity contribution in [2.24, 2.45) is 0 Å². The molecule has 0 aliphatic carbocycles. The Morgan fingerprint density at radius 3 is 2.56 bits per heavy atom. The first-order valence-electron chi connectivity index (χ1n) is 5.28. The van der Waals surface area contributed by atoms with Crippen LogP contribution in [0.25, 0.3) is 0 Å². The molecule has 2 N–H and O–H groups in total. The molecule has 0 atom stereocenters. The zero-order chi connectivity index (χ0) is 11.5. The van der Waals surface area contributed by atoms with Crippen LogP contribution >= 0.6 is 0 Å². The van der Waals surface area contributed by atoms with Crippen molar-refractivity contribution in [3.05, 3.63) is 47.9 Å². The second-order valence-electron chi connectivity index (χ2n) is 3.93. The number of hydrogen-bond donors (Lipinski definition) is 1. The van der Waals surface area contributed by atoms with Gasteiger partial charge in [0, 0.05) is 7.05 Å². The molecule has 0 unspecified atom stereocenters. The third-order valence-corrected chi connectivity index (χ3v) is 2.54. The Labute approximate surface area is 95.5 Å². The molecule has 0 amide bonds. The molecule has 3 heteroatoms. The third kappa shape index (κ3) is 2.19. The molecule has 0 radical (unpaired) electrons. The van der Waals surface area contributed by atoms with Crippen LogP contribution in [0.3, 0.4) is 0 Å². The van der Waals surface area contributed by atoms with Crippen molar-refractivity contribution in [1.29, 1.82) is 0 Å². The first-order valence-corrected chi connectivity index (χ1v) is 5.28. The molecule has 0 fully saturated rings. The molecular weight excluding hydrogens is 200 g/mol. The number of aryl methyl sites for hydroxylation is 1. The summed E-state index contributed by atoms with van der Waals surface area (Å²) in [6, 6.07) is 11.8. The van der Waals surface area contributed by atoms with Crippen molar-refractivity contribution in [3.63, 3.8) is 0 Å². The van der Waals surface area contributed by atoms with Crippen LogP contribution in [0.4, 0.5) is 11.4 Å². The Morgan fingerprint density at radius 2 is 1.94 bits per heavy atom. The average molecular weight is 216 g/mol. The maximum absolute atomic E-state index is 5.91. The van der Waals surface area contributed by atoms with Crippen molar-refractivity contribution in [2.45, 2.75) is 13.5 Å². The smallest absolute Gasteiger partial charge is 0.123 e. The number of para-hydroxylation sites is 2. The first-order chi connectivity index (χ1) is 7.66. The summed E-state index contributed by atoms with van der Waals surface area (Å²) < 4.78 is 5.53. The number of nitrogens with zero attached hydrogens (tertiary/aromatic N) is 1. The molecule has 1 aromatic carbocycles. The van der Waals surface area contributed by atoms with Crippen molar-refractivity contribution in [1.82, 2.24) is 0 Å². The van der Waals surface area contributed by atoms with Crippen LogP contribution in [-0.2, 0) is 6.54 Å². The normalized spacial score (nSPS) is 10.4. The lowest BCUT2D eigenvalue weighted by atomic mass is 10.2. The lowest BCUT2D eigenvalue weighted by Gasteiger charge is -2.19. The zero-order valence-corrected chi connectivity index (χ0v) is 9.60. The van der Waals surface area contributed by atoms with Gasteiger partial charge in [-0.1, -0.05) is 12.1 Å². The number of nitrogen functional groups attached to an aromatic ring is 1. The van der Waals surface area contributed by atoms with Crippen LogP contribution in [0, 0.1) is 6.92 Å². The van der Waals surface area contributed by atoms with Gasteiger partial charge in [-0.3, -0.25) is 0 Å². The zero-order valence-electron chi connectivity index (χ0n) is 9.60. The molecule has 1 aromatic heterocycles. The summed E-state index contributed by atoms with van der Waals surface area (Å²) in [5.74, 6) is 1.88. The Bertz CT molecular complexity index is 476. The quantitative estimate of drug-likeness (QED) is 0.802. The molecule has 84 valence electrons. The van der Waals surface area contributed by atoms with E-state index in [-0.39, 0.29) is 0 Å². The summed E-state index contributed by atoms with van der Waals surface area (Å²) in [4.78, 5) is 2.08. The monoisotopic (exact) mass is 216 g/mol. The Kier molecular flexibility index (Phi) is 2.86. The SMILES string of the molecule is Cc1ccc(CN(C)c2ccccc2N)o1. The fourth-order valence-electron chi connectivity index (χ4n) is 1.72. The third-order valence-electron chi connectivity index (χ3n) is 2.54. The largest absolute Gasteiger partial charge is 0.464 e. The number of hydrogen-bond acceptors (Lipinski definition) is 3. The van der Waals surface area contributed by atoms with Gasteiger partial charge in [-0.2, -0.15) is 0 Å². The number of rotatable bonds is 3. The maximum Gasteiger partial charge on any atom is 0.123 e. The van der Waals surface area contributed by atoms with Gasteiger partial charge in [-0.25, -0.2) is 0 Å². The Balaban J connectivity index is 2.14. The molecule has 1 heterocycles. The molecule has 2 aromatic rings. The molecule has 0 aliphatic heterocycles. The Morgan fingerprint density at radius 1 is 1.19 bits per heavy atom. The summed E-state index contributed by atoms with van der Waals surface area (Å²) in [6.45, 7) is 2.67. The van der Waals surface area contributed by atoms with E-state index < -0.39 is 0 Å². The van der Waals surface area contributed by atoms with Gasteiger partial charge in [0.15, 0.2) is 0 Å². The van der Waals surface area contributed by atoms with Crippen LogP contribution in [0.5, 0.6) is 0 Å². The van der Waals surface area contributed by atoms with Gasteiger partial charge < -0.3 is 15.1 Å². The average Bonchev–Trinajstić information content (AvgIpc) is 2.64. The van der Waals surface area contributed by atoms with E-state index in [9.17, 15) is 0 Å². The lowest BCUT2D eigenvalue weighted by Crippen LogP contribution is -2.17. The van der Waals surface area contributed by atoms with Crippen molar-refractivity contribution < 1.29 is 4.42 Å². The second kappa shape index (κ2) is 4.31. The van der Waals surface area contributed by atoms with E-state index in [1.54, 1.807) is 0 Å². The highest BCUT2D eigenvalue weighted by Gasteiger charge is 2.07. The van der Waals surface area contributed by atoms with Gasteiger partial charge in [-0.15, -0.1) is 0 Å². The fraction of sp³-hybridized carbons (Fsp3) is 0.231. The van der Waals surface area contributed by atoms with E-state index in [0.29, 0.717) is 0 Å². The second-order valence-corrected chi connectivity index (χ2v) is 3.93. The number of nitrogens with two attached hydrogens (primary N) is 1. The minimum absolute atomic E-state index is 0.724. The van der Waals surface area contributed by atoms with Crippen LogP contribution in [-0.4, -0.2) is 7.05 Å². The summed E-state index contributed by atoms with van der Waals surface area (Å²) >= 11 is 0. The summed E-state index contributed by atoms with van der Waals surface area (Å²) in [7, 11) is 2.00. The van der Waals surface area contributed by atoms with Crippen LogP contribution in [0.1, 0.15) is 11.5 Å². The van der Waals surface area contributed by atoms with Gasteiger partial charge in [0.2, 0.25) is 0 Å². The van der Waals surface area contributed by atoms with Gasteiger partial charge >= 0.3 is 0 Å². The van der Waals surface area contributed by atoms with Gasteiger partial charge in [0.1, 0.15) is 11.5 Å². The summed E-state index contributed by atoms with van der Waals surface area (Å²) in [6.07, 6.45) is 0. The van der Waals surface area contributed by atoms with Crippen LogP contribution in [0.2, 0.25) is 0 Å².